The van der Waals surface area contributed by atoms with E-state index >= 15 is 0 Å². The largest absolute Gasteiger partial charge is 0.478 e. The number of aromatic carboxylic acids is 1. The summed E-state index contributed by atoms with van der Waals surface area (Å²) < 4.78 is 5.51. The van der Waals surface area contributed by atoms with Crippen molar-refractivity contribution in [3.63, 3.8) is 0 Å². The minimum absolute atomic E-state index is 0.111. The second-order valence-corrected chi connectivity index (χ2v) is 6.01. The molecule has 1 amide bonds. The first-order valence-corrected chi connectivity index (χ1v) is 7.78. The van der Waals surface area contributed by atoms with Crippen LogP contribution in [-0.2, 0) is 6.42 Å². The Morgan fingerprint density at radius 1 is 1.33 bits per heavy atom. The van der Waals surface area contributed by atoms with Crippen LogP contribution in [0.1, 0.15) is 65.7 Å². The first-order valence-electron chi connectivity index (χ1n) is 7.78. The lowest BCUT2D eigenvalue weighted by Crippen LogP contribution is -2.42. The summed E-state index contributed by atoms with van der Waals surface area (Å²) in [7, 11) is 0. The van der Waals surface area contributed by atoms with Gasteiger partial charge in [0, 0.05) is 25.1 Å². The van der Waals surface area contributed by atoms with Gasteiger partial charge in [-0.3, -0.25) is 4.79 Å². The van der Waals surface area contributed by atoms with Crippen LogP contribution in [0.4, 0.5) is 0 Å². The molecule has 1 saturated heterocycles. The molecule has 1 aromatic rings. The van der Waals surface area contributed by atoms with Gasteiger partial charge in [0.25, 0.3) is 5.91 Å². The van der Waals surface area contributed by atoms with Crippen molar-refractivity contribution in [2.75, 3.05) is 6.54 Å². The van der Waals surface area contributed by atoms with Gasteiger partial charge in [-0.1, -0.05) is 13.3 Å². The maximum Gasteiger partial charge on any atom is 0.339 e. The van der Waals surface area contributed by atoms with Gasteiger partial charge in [-0.2, -0.15) is 0 Å². The monoisotopic (exact) mass is 291 g/mol. The SMILES string of the molecule is CCc1oc(C(=O)N2CCC[C@H]2C2CCC2)cc1C(=O)O. The Labute approximate surface area is 123 Å². The highest BCUT2D eigenvalue weighted by Crippen LogP contribution is 2.37. The van der Waals surface area contributed by atoms with Gasteiger partial charge in [-0.15, -0.1) is 0 Å². The number of carboxylic acids is 1. The van der Waals surface area contributed by atoms with Crippen molar-refractivity contribution in [2.24, 2.45) is 5.92 Å². The van der Waals surface area contributed by atoms with E-state index in [0.717, 1.165) is 19.4 Å². The van der Waals surface area contributed by atoms with Crippen LogP contribution >= 0.6 is 0 Å². The lowest BCUT2D eigenvalue weighted by Gasteiger charge is -2.36. The van der Waals surface area contributed by atoms with Crippen LogP contribution in [0.15, 0.2) is 10.5 Å². The summed E-state index contributed by atoms with van der Waals surface area (Å²) in [5.41, 5.74) is 0.111. The Hall–Kier alpha value is -1.78. The Kier molecular flexibility index (Phi) is 3.74. The van der Waals surface area contributed by atoms with E-state index in [1.54, 1.807) is 0 Å². The maximum atomic E-state index is 12.6. The summed E-state index contributed by atoms with van der Waals surface area (Å²) in [5, 5.41) is 9.16. The zero-order valence-electron chi connectivity index (χ0n) is 12.3. The number of amides is 1. The van der Waals surface area contributed by atoms with E-state index in [1.165, 1.54) is 25.3 Å². The summed E-state index contributed by atoms with van der Waals surface area (Å²) >= 11 is 0. The molecule has 5 heteroatoms. The summed E-state index contributed by atoms with van der Waals surface area (Å²) in [6.45, 7) is 2.58. The number of nitrogens with zero attached hydrogens (tertiary/aromatic N) is 1. The number of carbonyl (C=O) groups is 2. The number of hydrogen-bond donors (Lipinski definition) is 1. The lowest BCUT2D eigenvalue weighted by atomic mass is 9.79. The Bertz CT molecular complexity index is 559. The van der Waals surface area contributed by atoms with Crippen molar-refractivity contribution >= 4 is 11.9 Å². The molecule has 0 radical (unpaired) electrons. The number of likely N-dealkylation sites (tertiary alicyclic amines) is 1. The van der Waals surface area contributed by atoms with Crippen molar-refractivity contribution in [1.29, 1.82) is 0 Å². The number of carboxylic acid groups (broad SMARTS) is 1. The number of furan rings is 1. The topological polar surface area (TPSA) is 70.8 Å². The third-order valence-corrected chi connectivity index (χ3v) is 4.83. The molecule has 1 aromatic heterocycles. The quantitative estimate of drug-likeness (QED) is 0.925. The predicted octanol–water partition coefficient (Wildman–Crippen LogP) is 2.94. The number of aryl methyl sites for hydroxylation is 1. The van der Waals surface area contributed by atoms with Gasteiger partial charge in [0.1, 0.15) is 11.3 Å². The molecule has 1 atom stereocenters. The highest BCUT2D eigenvalue weighted by Gasteiger charge is 2.38. The number of rotatable bonds is 4. The second-order valence-electron chi connectivity index (χ2n) is 6.01. The molecule has 3 rings (SSSR count). The lowest BCUT2D eigenvalue weighted by molar-refractivity contribution is 0.0592. The fourth-order valence-corrected chi connectivity index (χ4v) is 3.48. The van der Waals surface area contributed by atoms with Gasteiger partial charge in [0.15, 0.2) is 5.76 Å². The van der Waals surface area contributed by atoms with Crippen molar-refractivity contribution in [2.45, 2.75) is 51.5 Å². The smallest absolute Gasteiger partial charge is 0.339 e. The third kappa shape index (κ3) is 2.45. The van der Waals surface area contributed by atoms with E-state index in [2.05, 4.69) is 0 Å². The normalized spacial score (nSPS) is 22.3. The van der Waals surface area contributed by atoms with Crippen LogP contribution in [-0.4, -0.2) is 34.5 Å². The fourth-order valence-electron chi connectivity index (χ4n) is 3.48. The molecule has 0 aromatic carbocycles. The molecule has 1 aliphatic heterocycles. The summed E-state index contributed by atoms with van der Waals surface area (Å²) in [6.07, 6.45) is 6.22. The van der Waals surface area contributed by atoms with E-state index in [1.807, 2.05) is 11.8 Å². The molecule has 21 heavy (non-hydrogen) atoms. The molecular weight excluding hydrogens is 270 g/mol. The Morgan fingerprint density at radius 2 is 2.10 bits per heavy atom. The van der Waals surface area contributed by atoms with Gasteiger partial charge >= 0.3 is 5.97 Å². The fraction of sp³-hybridized carbons (Fsp3) is 0.625. The molecule has 0 spiro atoms. The maximum absolute atomic E-state index is 12.6. The summed E-state index contributed by atoms with van der Waals surface area (Å²) in [4.78, 5) is 25.7. The van der Waals surface area contributed by atoms with Gasteiger partial charge < -0.3 is 14.4 Å². The van der Waals surface area contributed by atoms with E-state index < -0.39 is 5.97 Å². The molecule has 1 N–H and O–H groups in total. The van der Waals surface area contributed by atoms with Crippen LogP contribution < -0.4 is 0 Å². The van der Waals surface area contributed by atoms with Crippen molar-refractivity contribution < 1.29 is 19.1 Å². The van der Waals surface area contributed by atoms with Crippen LogP contribution in [0.2, 0.25) is 0 Å². The molecule has 2 fully saturated rings. The predicted molar refractivity (Wildman–Crippen MR) is 76.4 cm³/mol. The van der Waals surface area contributed by atoms with E-state index in [0.29, 0.717) is 24.1 Å². The van der Waals surface area contributed by atoms with Gasteiger partial charge in [-0.25, -0.2) is 4.79 Å². The summed E-state index contributed by atoms with van der Waals surface area (Å²) in [6, 6.07) is 1.70. The zero-order chi connectivity index (χ0) is 15.0. The molecule has 1 aliphatic carbocycles. The molecule has 2 aliphatic rings. The van der Waals surface area contributed by atoms with E-state index in [-0.39, 0.29) is 17.2 Å². The van der Waals surface area contributed by atoms with Crippen molar-refractivity contribution in [1.82, 2.24) is 4.90 Å². The molecular formula is C16H21NO4. The van der Waals surface area contributed by atoms with E-state index in [4.69, 9.17) is 9.52 Å². The molecule has 114 valence electrons. The Balaban J connectivity index is 1.82. The van der Waals surface area contributed by atoms with Gasteiger partial charge in [0.2, 0.25) is 0 Å². The van der Waals surface area contributed by atoms with Gasteiger partial charge in [0.05, 0.1) is 0 Å². The van der Waals surface area contributed by atoms with Crippen molar-refractivity contribution in [3.8, 4) is 0 Å². The highest BCUT2D eigenvalue weighted by atomic mass is 16.4. The second kappa shape index (κ2) is 5.54. The van der Waals surface area contributed by atoms with Crippen LogP contribution in [0.25, 0.3) is 0 Å². The standard InChI is InChI=1S/C16H21NO4/c1-2-13-11(16(19)20)9-14(21-13)15(18)17-8-4-7-12(17)10-5-3-6-10/h9-10,12H,2-8H2,1H3,(H,19,20)/t12-/m0/s1. The molecule has 2 heterocycles. The zero-order valence-corrected chi connectivity index (χ0v) is 12.3. The van der Waals surface area contributed by atoms with Crippen LogP contribution in [0, 0.1) is 5.92 Å². The number of carbonyl (C=O) groups excluding carboxylic acids is 1. The van der Waals surface area contributed by atoms with Crippen molar-refractivity contribution in [3.05, 3.63) is 23.2 Å². The first-order chi connectivity index (χ1) is 10.1. The van der Waals surface area contributed by atoms with Gasteiger partial charge in [-0.05, 0) is 31.6 Å². The average molecular weight is 291 g/mol. The van der Waals surface area contributed by atoms with Crippen LogP contribution in [0.3, 0.4) is 0 Å². The average Bonchev–Trinajstić information content (AvgIpc) is 3.02. The molecule has 1 saturated carbocycles. The molecule has 0 unspecified atom stereocenters. The highest BCUT2D eigenvalue weighted by molar-refractivity contribution is 5.96. The third-order valence-electron chi connectivity index (χ3n) is 4.83. The minimum atomic E-state index is -1.04. The van der Waals surface area contributed by atoms with Crippen LogP contribution in [0.5, 0.6) is 0 Å². The summed E-state index contributed by atoms with van der Waals surface area (Å²) in [5.74, 6) is -0.00469. The minimum Gasteiger partial charge on any atom is -0.478 e. The first kappa shape index (κ1) is 14.2. The Morgan fingerprint density at radius 3 is 2.62 bits per heavy atom. The number of hydrogen-bond acceptors (Lipinski definition) is 3. The molecule has 0 bridgehead atoms. The molecule has 5 nitrogen and oxygen atoms in total. The van der Waals surface area contributed by atoms with E-state index in [9.17, 15) is 9.59 Å².